The van der Waals surface area contributed by atoms with Crippen LogP contribution in [0.15, 0.2) is 148 Å². The molecule has 31 heteroatoms. The molecule has 0 saturated carbocycles. The molecule has 7 aromatic carbocycles. The van der Waals surface area contributed by atoms with Crippen LogP contribution in [0.3, 0.4) is 0 Å². The minimum atomic E-state index is -4.65. The quantitative estimate of drug-likeness (QED) is 0.0223. The number of hydrogen-bond acceptors (Lipinski definition) is 19. The molecule has 366 valence electrons. The topological polar surface area (TPSA) is 459 Å². The van der Waals surface area contributed by atoms with Crippen LogP contribution in [-0.2, 0) is 30.4 Å². The zero-order chi connectivity index (χ0) is 53.4. The van der Waals surface area contributed by atoms with E-state index in [-0.39, 0.29) is 63.2 Å². The second-order valence-corrected chi connectivity index (χ2v) is 18.0. The van der Waals surface area contributed by atoms with Crippen LogP contribution in [0, 0.1) is 43.3 Å². The fourth-order valence-electron chi connectivity index (χ4n) is 5.29. The number of nitrogens with zero attached hydrogens (tertiary/aromatic N) is 8. The van der Waals surface area contributed by atoms with E-state index in [4.69, 9.17) is 47.0 Å². The van der Waals surface area contributed by atoms with Gasteiger partial charge in [0.25, 0.3) is 41.7 Å². The Kier molecular flexibility index (Phi) is 21.4. The molecule has 0 unspecified atom stereocenters. The van der Waals surface area contributed by atoms with Crippen molar-refractivity contribution in [3.8, 4) is 17.2 Å². The molecule has 0 radical (unpaired) electrons. The Bertz CT molecular complexity index is 3590. The summed E-state index contributed by atoms with van der Waals surface area (Å²) in [6.07, 6.45) is 0. The molecule has 0 atom stereocenters. The Morgan fingerprint density at radius 2 is 1.07 bits per heavy atom. The normalized spacial score (nSPS) is 10.3. The van der Waals surface area contributed by atoms with Crippen LogP contribution in [0.4, 0.5) is 51.2 Å². The number of fused-ring (bicyclic) bond motifs is 1. The second kappa shape index (κ2) is 25.8. The zero-order valence-electron chi connectivity index (χ0n) is 36.9. The number of aryl methyl sites for hydroxylation is 1. The van der Waals surface area contributed by atoms with Gasteiger partial charge in [-0.25, -0.2) is 0 Å². The van der Waals surface area contributed by atoms with Gasteiger partial charge in [0.1, 0.15) is 32.4 Å². The molecule has 7 aromatic rings. The standard InChI is InChI=1S/C12H8N4O5S.C10H6N2O7S2.C7H10N2.C6H4N3O2.C6H6O2.Na/c13-15-9-3-1-8(2-4-9)14-11-6-5-10(16(17)18)7-12(11)22(19,20)21;11-12-8-3-6(20(14,15)16)1-5-2-7(21(17,18)19)4-9(13)10(5)8;1-5-2-3-6(8)4-7(5)9;7-8-5-1-3-6(4-2-5)9(10)11;7-5-2-1-3-6(8)4-5;/h1-7,14H;1-4H,(H2-,13,14,15,16,17,18,19);2-4H,8-9H2,1H3;1-4H;1-4,7-8H;/q;;;+1;;+1/p+2. The number of hydrogen-bond donors (Lipinski definition) is 9. The number of phenols is 3. The average Bonchev–Trinajstić information content (AvgIpc) is 3.30. The van der Waals surface area contributed by atoms with Gasteiger partial charge in [-0.05, 0) is 72.5 Å². The van der Waals surface area contributed by atoms with E-state index in [1.54, 1.807) is 12.1 Å². The summed E-state index contributed by atoms with van der Waals surface area (Å²) in [5.74, 6) is -0.482. The first-order valence-electron chi connectivity index (χ1n) is 18.9. The number of benzene rings is 7. The second-order valence-electron chi connectivity index (χ2n) is 13.7. The minimum Gasteiger partial charge on any atom is -0.508 e. The van der Waals surface area contributed by atoms with Crippen LogP contribution in [0.1, 0.15) is 5.56 Å². The van der Waals surface area contributed by atoms with E-state index in [9.17, 15) is 55.1 Å². The molecule has 0 aliphatic carbocycles. The number of nitrogen functional groups attached to an aromatic ring is 2. The van der Waals surface area contributed by atoms with Crippen molar-refractivity contribution in [3.63, 3.8) is 0 Å². The van der Waals surface area contributed by atoms with Crippen molar-refractivity contribution in [3.05, 3.63) is 174 Å². The molecule has 11 N–H and O–H groups in total. The van der Waals surface area contributed by atoms with Crippen molar-refractivity contribution in [2.75, 3.05) is 16.8 Å². The summed E-state index contributed by atoms with van der Waals surface area (Å²) < 4.78 is 94.2. The van der Waals surface area contributed by atoms with Gasteiger partial charge in [-0.3, -0.25) is 33.9 Å². The number of nitrogens with two attached hydrogens (primary N) is 2. The first-order chi connectivity index (χ1) is 33.1. The maximum Gasteiger partial charge on any atom is 1.00 e. The van der Waals surface area contributed by atoms with Gasteiger partial charge in [0.05, 0.1) is 26.5 Å². The number of nitrogens with one attached hydrogen (secondary N) is 1. The summed E-state index contributed by atoms with van der Waals surface area (Å²) >= 11 is 0. The van der Waals surface area contributed by atoms with Crippen LogP contribution in [0.25, 0.3) is 25.7 Å². The third-order valence-electron chi connectivity index (χ3n) is 8.68. The van der Waals surface area contributed by atoms with Gasteiger partial charge >= 0.3 is 46.6 Å². The fraction of sp³-hybridized carbons (Fsp3) is 0.0244. The largest absolute Gasteiger partial charge is 1.00 e. The van der Waals surface area contributed by atoms with E-state index in [0.717, 1.165) is 47.3 Å². The first kappa shape index (κ1) is 59.5. The Morgan fingerprint density at radius 1 is 0.583 bits per heavy atom. The van der Waals surface area contributed by atoms with Gasteiger partial charge in [-0.1, -0.05) is 12.1 Å². The van der Waals surface area contributed by atoms with Crippen molar-refractivity contribution in [1.29, 1.82) is 16.2 Å². The Balaban J connectivity index is 0.000000326. The monoisotopic (exact) mass is 1060 g/mol. The smallest absolute Gasteiger partial charge is 0.508 e. The summed E-state index contributed by atoms with van der Waals surface area (Å²) in [7, 11) is -14.0. The maximum atomic E-state index is 11.4. The van der Waals surface area contributed by atoms with Gasteiger partial charge in [-0.15, -0.1) is 0 Å². The molecule has 27 nitrogen and oxygen atoms in total. The number of diazo groups is 3. The van der Waals surface area contributed by atoms with Crippen LogP contribution in [0.5, 0.6) is 17.2 Å². The fourth-order valence-corrected chi connectivity index (χ4v) is 7.03. The minimum absolute atomic E-state index is 0. The summed E-state index contributed by atoms with van der Waals surface area (Å²) in [6.45, 7) is 1.95. The van der Waals surface area contributed by atoms with E-state index < -0.39 is 72.0 Å². The molecule has 0 saturated heterocycles. The molecule has 72 heavy (non-hydrogen) atoms. The van der Waals surface area contributed by atoms with Gasteiger partial charge in [-0.2, -0.15) is 25.3 Å². The van der Waals surface area contributed by atoms with E-state index >= 15 is 0 Å². The summed E-state index contributed by atoms with van der Waals surface area (Å²) in [5.41, 5.74) is 13.7. The van der Waals surface area contributed by atoms with Crippen LogP contribution < -0.4 is 46.3 Å². The van der Waals surface area contributed by atoms with Gasteiger partial charge in [0.15, 0.2) is 14.9 Å². The maximum absolute atomic E-state index is 11.4. The molecule has 7 rings (SSSR count). The van der Waals surface area contributed by atoms with Crippen molar-refractivity contribution >= 4 is 92.3 Å². The molecular formula is C41H36N11NaO16S3+4. The summed E-state index contributed by atoms with van der Waals surface area (Å²) in [6, 6.07) is 28.8. The molecule has 0 amide bonds. The van der Waals surface area contributed by atoms with E-state index in [0.29, 0.717) is 23.1 Å². The molecule has 0 aliphatic rings. The molecular weight excluding hydrogens is 1020 g/mol. The number of rotatable bonds is 7. The van der Waals surface area contributed by atoms with Crippen molar-refractivity contribution in [1.82, 2.24) is 0 Å². The van der Waals surface area contributed by atoms with Crippen molar-refractivity contribution in [2.24, 2.45) is 0 Å². The van der Waals surface area contributed by atoms with Crippen molar-refractivity contribution in [2.45, 2.75) is 21.6 Å². The summed E-state index contributed by atoms with van der Waals surface area (Å²) in [5, 5.41) is 75.9. The van der Waals surface area contributed by atoms with Crippen molar-refractivity contribution < 1.29 is 93.6 Å². The van der Waals surface area contributed by atoms with Gasteiger partial charge in [0, 0.05) is 77.7 Å². The summed E-state index contributed by atoms with van der Waals surface area (Å²) in [4.78, 5) is 26.1. The Hall–Kier alpha value is -8.61. The first-order valence-corrected chi connectivity index (χ1v) is 23.2. The Labute approximate surface area is 429 Å². The van der Waals surface area contributed by atoms with E-state index in [2.05, 4.69) is 20.2 Å². The predicted octanol–water partition coefficient (Wildman–Crippen LogP) is 5.93. The molecule has 0 fully saturated rings. The number of nitro groups is 2. The Morgan fingerprint density at radius 3 is 1.47 bits per heavy atom. The molecule has 0 heterocycles. The number of aromatic hydroxyl groups is 3. The van der Waals surface area contributed by atoms with Gasteiger partial charge in [0.2, 0.25) is 16.2 Å². The van der Waals surface area contributed by atoms with Crippen LogP contribution in [-0.4, -0.2) is 64.1 Å². The van der Waals surface area contributed by atoms with Gasteiger partial charge < -0.3 is 32.1 Å². The molecule has 0 bridgehead atoms. The van der Waals surface area contributed by atoms with Crippen LogP contribution >= 0.6 is 0 Å². The number of nitro benzene ring substituents is 2. The molecule has 0 aliphatic heterocycles. The zero-order valence-corrected chi connectivity index (χ0v) is 41.4. The number of non-ortho nitro benzene ring substituents is 2. The van der Waals surface area contributed by atoms with Crippen LogP contribution in [0.2, 0.25) is 0 Å². The number of anilines is 4. The SMILES string of the molecule is Cc1ccc(N)cc1N.N#[N+]c1cc(S(=O)(=O)O)cc2cc(S(=O)(=O)O)cc(O)c12.N#[N+]c1ccc(Nc2ccc([N+](=O)[O-])cc2S(=O)(=O)O)cc1.N#[N+]c1ccc([N+](=O)[O-])cc1.Oc1cccc(O)c1.[Na+]. The molecule has 0 spiro atoms. The average molecular weight is 1060 g/mol. The predicted molar refractivity (Wildman–Crippen MR) is 255 cm³/mol. The third kappa shape index (κ3) is 18.0. The molecule has 0 aromatic heterocycles. The third-order valence-corrected chi connectivity index (χ3v) is 11.2. The number of phenolic OH excluding ortho intramolecular Hbond substituents is 3. The van der Waals surface area contributed by atoms with E-state index in [1.807, 2.05) is 19.1 Å². The van der Waals surface area contributed by atoms with E-state index in [1.165, 1.54) is 72.8 Å².